The van der Waals surface area contributed by atoms with Gasteiger partial charge in [-0.15, -0.1) is 0 Å². The Labute approximate surface area is 194 Å². The minimum atomic E-state index is -2.50. The van der Waals surface area contributed by atoms with Crippen LogP contribution in [-0.2, 0) is 19.9 Å². The number of carbonyl (C=O) groups excluding carboxylic acids is 1. The third kappa shape index (κ3) is 4.04. The van der Waals surface area contributed by atoms with Gasteiger partial charge in [-0.3, -0.25) is 9.57 Å². The number of rotatable bonds is 5. The molecule has 2 aliphatic heterocycles. The molecule has 0 bridgehead atoms. The average Bonchev–Trinajstić information content (AvgIpc) is 3.08. The van der Waals surface area contributed by atoms with Crippen molar-refractivity contribution < 1.29 is 13.7 Å². The Morgan fingerprint density at radius 3 is 2.58 bits per heavy atom. The van der Waals surface area contributed by atoms with Gasteiger partial charge in [-0.2, -0.15) is 0 Å². The summed E-state index contributed by atoms with van der Waals surface area (Å²) in [7, 11) is -2.50. The molecule has 4 N–H and O–H groups in total. The van der Waals surface area contributed by atoms with E-state index in [4.69, 9.17) is 20.2 Å². The molecule has 1 saturated carbocycles. The number of para-hydroxylation sites is 1. The van der Waals surface area contributed by atoms with Crippen LogP contribution in [0.3, 0.4) is 0 Å². The Hall–Kier alpha value is -3.13. The maximum Gasteiger partial charge on any atom is 0.235 e. The number of nitrogens with zero attached hydrogens (tertiary/aromatic N) is 1. The summed E-state index contributed by atoms with van der Waals surface area (Å²) in [5, 5.41) is 3.07. The van der Waals surface area contributed by atoms with E-state index in [1.165, 1.54) is 6.20 Å². The molecule has 33 heavy (non-hydrogen) atoms. The number of aliphatic imine (C=N–C) groups is 1. The second-order valence-corrected chi connectivity index (χ2v) is 11.5. The molecule has 0 unspecified atom stereocenters. The number of fused-ring (bicyclic) bond motifs is 2. The van der Waals surface area contributed by atoms with E-state index in [1.54, 1.807) is 6.08 Å². The molecule has 2 fully saturated rings. The van der Waals surface area contributed by atoms with Gasteiger partial charge in [-0.25, -0.2) is 9.20 Å². The Kier molecular flexibility index (Phi) is 5.48. The van der Waals surface area contributed by atoms with Gasteiger partial charge >= 0.3 is 0 Å². The molecule has 7 nitrogen and oxygen atoms in total. The van der Waals surface area contributed by atoms with Crippen LogP contribution < -0.4 is 15.8 Å². The summed E-state index contributed by atoms with van der Waals surface area (Å²) in [5.74, 6) is 1.31. The van der Waals surface area contributed by atoms with Crippen molar-refractivity contribution in [2.75, 3.05) is 16.8 Å². The molecule has 3 aliphatic rings. The molecule has 1 aliphatic carbocycles. The summed E-state index contributed by atoms with van der Waals surface area (Å²) in [4.78, 5) is 17.8. The highest BCUT2D eigenvalue weighted by Gasteiger charge is 2.52. The zero-order chi connectivity index (χ0) is 23.1. The molecular weight excluding hydrogens is 436 g/mol. The molecule has 8 heteroatoms. The molecule has 0 aromatic heterocycles. The van der Waals surface area contributed by atoms with Gasteiger partial charge in [0.15, 0.2) is 0 Å². The van der Waals surface area contributed by atoms with E-state index >= 15 is 0 Å². The first kappa shape index (κ1) is 21.7. The number of nitrogens with one attached hydrogen (secondary N) is 2. The minimum absolute atomic E-state index is 0.0273. The molecule has 2 aromatic rings. The van der Waals surface area contributed by atoms with Crippen LogP contribution in [0.15, 0.2) is 59.7 Å². The van der Waals surface area contributed by atoms with Crippen molar-refractivity contribution in [3.63, 3.8) is 0 Å². The van der Waals surface area contributed by atoms with Gasteiger partial charge in [-0.05, 0) is 67.8 Å². The van der Waals surface area contributed by atoms with Crippen molar-refractivity contribution in [1.29, 1.82) is 4.78 Å². The maximum atomic E-state index is 13.0. The number of benzene rings is 2. The number of hydrogen-bond donors (Lipinski definition) is 3. The minimum Gasteiger partial charge on any atom is -0.488 e. The van der Waals surface area contributed by atoms with Crippen LogP contribution in [0.4, 0.5) is 11.4 Å². The highest BCUT2D eigenvalue weighted by Crippen LogP contribution is 2.54. The predicted octanol–water partition coefficient (Wildman–Crippen LogP) is 4.24. The number of anilines is 1. The first-order chi connectivity index (χ1) is 15.9. The summed E-state index contributed by atoms with van der Waals surface area (Å²) in [6, 6.07) is 13.6. The summed E-state index contributed by atoms with van der Waals surface area (Å²) in [5.41, 5.74) is 9.26. The van der Waals surface area contributed by atoms with Crippen molar-refractivity contribution in [3.8, 4) is 5.75 Å². The fourth-order valence-electron chi connectivity index (χ4n) is 4.86. The zero-order valence-electron chi connectivity index (χ0n) is 18.4. The van der Waals surface area contributed by atoms with Gasteiger partial charge in [-0.1, -0.05) is 24.6 Å². The molecule has 172 valence electrons. The summed E-state index contributed by atoms with van der Waals surface area (Å²) in [6.45, 7) is 0. The monoisotopic (exact) mass is 464 g/mol. The average molecular weight is 465 g/mol. The van der Waals surface area contributed by atoms with E-state index in [0.717, 1.165) is 41.8 Å². The third-order valence-corrected chi connectivity index (χ3v) is 8.68. The first-order valence-corrected chi connectivity index (χ1v) is 13.2. The van der Waals surface area contributed by atoms with Crippen molar-refractivity contribution in [1.82, 2.24) is 0 Å². The molecule has 2 heterocycles. The highest BCUT2D eigenvalue weighted by molar-refractivity contribution is 7.92. The van der Waals surface area contributed by atoms with Crippen LogP contribution in [-0.4, -0.2) is 33.4 Å². The van der Waals surface area contributed by atoms with Crippen molar-refractivity contribution >= 4 is 32.7 Å². The fourth-order valence-corrected chi connectivity index (χ4v) is 6.35. The van der Waals surface area contributed by atoms with Crippen molar-refractivity contribution in [3.05, 3.63) is 65.9 Å². The third-order valence-electron chi connectivity index (χ3n) is 6.89. The van der Waals surface area contributed by atoms with Gasteiger partial charge < -0.3 is 15.8 Å². The number of ether oxygens (including phenoxy) is 1. The van der Waals surface area contributed by atoms with E-state index in [1.807, 2.05) is 42.5 Å². The Balaban J connectivity index is 1.58. The molecule has 2 aromatic carbocycles. The lowest BCUT2D eigenvalue weighted by atomic mass is 9.65. The smallest absolute Gasteiger partial charge is 0.235 e. The standard InChI is InChI=1S/C25H28N4O3S/c26-12-7-21(28-18-5-2-1-3-6-18)17-15-20-23(29-24(30)25(20)10-4-11-25)22(16-17)32-19-8-13-33(27,31)14-9-19/h1-3,5-7,12,15-16,19,27H,4,8-11,13-14,26H2,(H,29,30). The van der Waals surface area contributed by atoms with Gasteiger partial charge in [0, 0.05) is 26.8 Å². The molecule has 1 spiro atoms. The van der Waals surface area contributed by atoms with Crippen LogP contribution in [0.25, 0.3) is 0 Å². The second-order valence-electron chi connectivity index (χ2n) is 9.02. The van der Waals surface area contributed by atoms with Gasteiger partial charge in [0.2, 0.25) is 5.91 Å². The number of nitrogens with two attached hydrogens (primary N) is 1. The summed E-state index contributed by atoms with van der Waals surface area (Å²) in [6.07, 6.45) is 6.85. The normalized spacial score (nSPS) is 26.1. The van der Waals surface area contributed by atoms with E-state index in [-0.39, 0.29) is 12.0 Å². The van der Waals surface area contributed by atoms with E-state index in [2.05, 4.69) is 5.32 Å². The number of amides is 1. The van der Waals surface area contributed by atoms with Crippen LogP contribution >= 0.6 is 0 Å². The molecule has 0 atom stereocenters. The van der Waals surface area contributed by atoms with E-state index in [0.29, 0.717) is 35.8 Å². The van der Waals surface area contributed by atoms with E-state index in [9.17, 15) is 9.00 Å². The Morgan fingerprint density at radius 2 is 1.94 bits per heavy atom. The lowest BCUT2D eigenvalue weighted by Gasteiger charge is -2.36. The zero-order valence-corrected chi connectivity index (χ0v) is 19.2. The number of carbonyl (C=O) groups is 1. The predicted molar refractivity (Wildman–Crippen MR) is 131 cm³/mol. The maximum absolute atomic E-state index is 13.0. The van der Waals surface area contributed by atoms with Crippen LogP contribution in [0.1, 0.15) is 43.2 Å². The van der Waals surface area contributed by atoms with Crippen LogP contribution in [0.2, 0.25) is 0 Å². The van der Waals surface area contributed by atoms with Gasteiger partial charge in [0.25, 0.3) is 0 Å². The molecule has 1 amide bonds. The number of allylic oxidation sites excluding steroid dienone is 1. The fraction of sp³-hybridized carbons (Fsp3) is 0.360. The number of hydrogen-bond acceptors (Lipinski definition) is 6. The van der Waals surface area contributed by atoms with E-state index < -0.39 is 15.1 Å². The lowest BCUT2D eigenvalue weighted by Crippen LogP contribution is -2.40. The van der Waals surface area contributed by atoms with Crippen molar-refractivity contribution in [2.24, 2.45) is 10.7 Å². The molecule has 5 rings (SSSR count). The molecular formula is C25H28N4O3S. The largest absolute Gasteiger partial charge is 0.488 e. The lowest BCUT2D eigenvalue weighted by molar-refractivity contribution is -0.123. The Morgan fingerprint density at radius 1 is 1.21 bits per heavy atom. The van der Waals surface area contributed by atoms with Crippen molar-refractivity contribution in [2.45, 2.75) is 43.6 Å². The molecule has 0 radical (unpaired) electrons. The quantitative estimate of drug-likeness (QED) is 0.574. The Bertz CT molecular complexity index is 1230. The van der Waals surface area contributed by atoms with Crippen LogP contribution in [0, 0.1) is 4.78 Å². The summed E-state index contributed by atoms with van der Waals surface area (Å²) >= 11 is 0. The van der Waals surface area contributed by atoms with Gasteiger partial charge in [0.1, 0.15) is 11.9 Å². The van der Waals surface area contributed by atoms with Gasteiger partial charge in [0.05, 0.1) is 22.5 Å². The summed E-state index contributed by atoms with van der Waals surface area (Å²) < 4.78 is 26.3. The first-order valence-electron chi connectivity index (χ1n) is 11.3. The second kappa shape index (κ2) is 8.33. The molecule has 1 saturated heterocycles. The SMILES string of the molecule is N=S1(=O)CCC(Oc2cc(C(C=CN)=Nc3ccccc3)cc3c2NC(=O)C32CCC2)CC1. The van der Waals surface area contributed by atoms with Crippen LogP contribution in [0.5, 0.6) is 5.75 Å². The highest BCUT2D eigenvalue weighted by atomic mass is 32.2. The topological polar surface area (TPSA) is 118 Å².